The van der Waals surface area contributed by atoms with Gasteiger partial charge in [0.25, 0.3) is 0 Å². The van der Waals surface area contributed by atoms with Crippen LogP contribution < -0.4 is 11.1 Å². The van der Waals surface area contributed by atoms with Crippen molar-refractivity contribution in [1.29, 1.82) is 0 Å². The largest absolute Gasteiger partial charge is 0.389 e. The standard InChI is InChI=1S/C17H25ClN2S/c1-16(2)8-12(9-17(3,4)10-16)20-11-5-6-13(15(19)21)14(18)7-11/h5-7,12,20H,8-10H2,1-4H3,(H2,19,21). The van der Waals surface area contributed by atoms with E-state index in [1.807, 2.05) is 18.2 Å². The van der Waals surface area contributed by atoms with Gasteiger partial charge < -0.3 is 11.1 Å². The fourth-order valence-corrected chi connectivity index (χ4v) is 4.50. The molecule has 0 heterocycles. The normalized spacial score (nSPS) is 21.0. The first kappa shape index (κ1) is 16.6. The van der Waals surface area contributed by atoms with Gasteiger partial charge in [-0.3, -0.25) is 0 Å². The fraction of sp³-hybridized carbons (Fsp3) is 0.588. The highest BCUT2D eigenvalue weighted by atomic mass is 35.5. The van der Waals surface area contributed by atoms with Gasteiger partial charge in [0, 0.05) is 17.3 Å². The van der Waals surface area contributed by atoms with Crippen molar-refractivity contribution in [3.8, 4) is 0 Å². The third-order valence-corrected chi connectivity index (χ3v) is 4.69. The maximum Gasteiger partial charge on any atom is 0.105 e. The molecule has 0 spiro atoms. The summed E-state index contributed by atoms with van der Waals surface area (Å²) in [6.45, 7) is 9.41. The van der Waals surface area contributed by atoms with E-state index in [1.165, 1.54) is 19.3 Å². The van der Waals surface area contributed by atoms with E-state index in [2.05, 4.69) is 33.0 Å². The van der Waals surface area contributed by atoms with E-state index in [4.69, 9.17) is 29.6 Å². The van der Waals surface area contributed by atoms with Gasteiger partial charge in [0.2, 0.25) is 0 Å². The minimum atomic E-state index is 0.339. The van der Waals surface area contributed by atoms with Crippen molar-refractivity contribution in [2.75, 3.05) is 5.32 Å². The van der Waals surface area contributed by atoms with Crippen LogP contribution in [0.2, 0.25) is 5.02 Å². The summed E-state index contributed by atoms with van der Waals surface area (Å²) < 4.78 is 0. The van der Waals surface area contributed by atoms with Crippen LogP contribution in [0, 0.1) is 10.8 Å². The van der Waals surface area contributed by atoms with Crippen molar-refractivity contribution in [3.05, 3.63) is 28.8 Å². The van der Waals surface area contributed by atoms with Crippen molar-refractivity contribution in [3.63, 3.8) is 0 Å². The summed E-state index contributed by atoms with van der Waals surface area (Å²) in [4.78, 5) is 0.339. The third-order valence-electron chi connectivity index (χ3n) is 4.16. The Bertz CT molecular complexity index is 536. The van der Waals surface area contributed by atoms with Crippen molar-refractivity contribution in [2.24, 2.45) is 16.6 Å². The fourth-order valence-electron chi connectivity index (χ4n) is 3.99. The molecule has 2 rings (SSSR count). The molecule has 3 N–H and O–H groups in total. The first-order valence-electron chi connectivity index (χ1n) is 7.44. The second-order valence-corrected chi connectivity index (χ2v) is 8.66. The average Bonchev–Trinajstić information content (AvgIpc) is 2.23. The van der Waals surface area contributed by atoms with Gasteiger partial charge in [-0.1, -0.05) is 51.5 Å². The van der Waals surface area contributed by atoms with E-state index in [0.29, 0.717) is 26.9 Å². The summed E-state index contributed by atoms with van der Waals surface area (Å²) >= 11 is 11.2. The topological polar surface area (TPSA) is 38.0 Å². The van der Waals surface area contributed by atoms with Gasteiger partial charge in [-0.05, 0) is 48.3 Å². The first-order chi connectivity index (χ1) is 9.58. The van der Waals surface area contributed by atoms with Gasteiger partial charge in [0.1, 0.15) is 4.99 Å². The molecule has 0 bridgehead atoms. The number of thiocarbonyl (C=S) groups is 1. The molecule has 0 atom stereocenters. The minimum absolute atomic E-state index is 0.339. The van der Waals surface area contributed by atoms with Gasteiger partial charge in [0.05, 0.1) is 5.02 Å². The molecule has 116 valence electrons. The summed E-state index contributed by atoms with van der Waals surface area (Å²) in [6.07, 6.45) is 3.61. The highest BCUT2D eigenvalue weighted by Gasteiger charge is 2.38. The van der Waals surface area contributed by atoms with Gasteiger partial charge in [-0.2, -0.15) is 0 Å². The second-order valence-electron chi connectivity index (χ2n) is 7.81. The summed E-state index contributed by atoms with van der Waals surface area (Å²) in [5.41, 5.74) is 8.15. The number of benzene rings is 1. The predicted molar refractivity (Wildman–Crippen MR) is 96.2 cm³/mol. The molecule has 0 radical (unpaired) electrons. The van der Waals surface area contributed by atoms with Crippen LogP contribution in [0.1, 0.15) is 52.5 Å². The molecule has 1 aliphatic carbocycles. The Morgan fingerprint density at radius 2 is 1.81 bits per heavy atom. The molecule has 1 saturated carbocycles. The Labute approximate surface area is 138 Å². The van der Waals surface area contributed by atoms with Crippen molar-refractivity contribution in [2.45, 2.75) is 53.0 Å². The number of halogens is 1. The smallest absolute Gasteiger partial charge is 0.105 e. The predicted octanol–water partition coefficient (Wildman–Crippen LogP) is 4.99. The lowest BCUT2D eigenvalue weighted by Gasteiger charge is -2.45. The lowest BCUT2D eigenvalue weighted by Crippen LogP contribution is -2.40. The highest BCUT2D eigenvalue weighted by molar-refractivity contribution is 7.80. The molecule has 1 aliphatic rings. The number of rotatable bonds is 3. The molecule has 0 amide bonds. The van der Waals surface area contributed by atoms with Crippen molar-refractivity contribution >= 4 is 34.5 Å². The molecule has 1 aromatic rings. The Balaban J connectivity index is 2.14. The molecule has 1 fully saturated rings. The maximum absolute atomic E-state index is 6.25. The quantitative estimate of drug-likeness (QED) is 0.769. The zero-order valence-corrected chi connectivity index (χ0v) is 14.9. The number of nitrogens with two attached hydrogens (primary N) is 1. The number of hydrogen-bond donors (Lipinski definition) is 2. The molecular weight excluding hydrogens is 300 g/mol. The number of anilines is 1. The van der Waals surface area contributed by atoms with Crippen molar-refractivity contribution < 1.29 is 0 Å². The number of hydrogen-bond acceptors (Lipinski definition) is 2. The summed E-state index contributed by atoms with van der Waals surface area (Å²) in [7, 11) is 0. The Kier molecular flexibility index (Phi) is 4.55. The molecule has 1 aromatic carbocycles. The monoisotopic (exact) mass is 324 g/mol. The Hall–Kier alpha value is -0.800. The molecule has 4 heteroatoms. The zero-order valence-electron chi connectivity index (χ0n) is 13.3. The van der Waals surface area contributed by atoms with Gasteiger partial charge >= 0.3 is 0 Å². The average molecular weight is 325 g/mol. The second kappa shape index (κ2) is 5.77. The van der Waals surface area contributed by atoms with Crippen LogP contribution in [0.25, 0.3) is 0 Å². The van der Waals surface area contributed by atoms with Crippen LogP contribution in [0.5, 0.6) is 0 Å². The zero-order chi connectivity index (χ0) is 15.8. The summed E-state index contributed by atoms with van der Waals surface area (Å²) in [6, 6.07) is 6.29. The van der Waals surface area contributed by atoms with Crippen LogP contribution in [0.15, 0.2) is 18.2 Å². The van der Waals surface area contributed by atoms with E-state index >= 15 is 0 Å². The van der Waals surface area contributed by atoms with E-state index in [-0.39, 0.29) is 0 Å². The SMILES string of the molecule is CC1(C)CC(Nc2ccc(C(N)=S)c(Cl)c2)CC(C)(C)C1. The molecule has 0 aromatic heterocycles. The lowest BCUT2D eigenvalue weighted by molar-refractivity contribution is 0.105. The van der Waals surface area contributed by atoms with Gasteiger partial charge in [-0.15, -0.1) is 0 Å². The highest BCUT2D eigenvalue weighted by Crippen LogP contribution is 2.46. The van der Waals surface area contributed by atoms with Gasteiger partial charge in [-0.25, -0.2) is 0 Å². The first-order valence-corrected chi connectivity index (χ1v) is 8.23. The molecule has 0 unspecified atom stereocenters. The molecular formula is C17H25ClN2S. The van der Waals surface area contributed by atoms with Crippen LogP contribution in [0.4, 0.5) is 5.69 Å². The van der Waals surface area contributed by atoms with E-state index in [1.54, 1.807) is 0 Å². The molecule has 0 saturated heterocycles. The third kappa shape index (κ3) is 4.33. The Morgan fingerprint density at radius 1 is 1.24 bits per heavy atom. The molecule has 0 aliphatic heterocycles. The number of nitrogens with one attached hydrogen (secondary N) is 1. The Morgan fingerprint density at radius 3 is 2.29 bits per heavy atom. The summed E-state index contributed by atoms with van der Waals surface area (Å²) in [5.74, 6) is 0. The van der Waals surface area contributed by atoms with E-state index < -0.39 is 0 Å². The van der Waals surface area contributed by atoms with Crippen LogP contribution in [0.3, 0.4) is 0 Å². The van der Waals surface area contributed by atoms with E-state index in [0.717, 1.165) is 11.3 Å². The van der Waals surface area contributed by atoms with Crippen LogP contribution in [-0.4, -0.2) is 11.0 Å². The van der Waals surface area contributed by atoms with Gasteiger partial charge in [0.15, 0.2) is 0 Å². The van der Waals surface area contributed by atoms with Crippen LogP contribution >= 0.6 is 23.8 Å². The lowest BCUT2D eigenvalue weighted by atomic mass is 9.63. The molecule has 21 heavy (non-hydrogen) atoms. The minimum Gasteiger partial charge on any atom is -0.389 e. The summed E-state index contributed by atoms with van der Waals surface area (Å²) in [5, 5.41) is 4.24. The maximum atomic E-state index is 6.25. The van der Waals surface area contributed by atoms with E-state index in [9.17, 15) is 0 Å². The molecule has 2 nitrogen and oxygen atoms in total. The van der Waals surface area contributed by atoms with Crippen molar-refractivity contribution in [1.82, 2.24) is 0 Å². The van der Waals surface area contributed by atoms with Crippen LogP contribution in [-0.2, 0) is 0 Å².